The first kappa shape index (κ1) is 29.2. The second kappa shape index (κ2) is 12.4. The van der Waals surface area contributed by atoms with Crippen LogP contribution in [0, 0.1) is 0 Å². The Kier molecular flexibility index (Phi) is 8.25. The van der Waals surface area contributed by atoms with Gasteiger partial charge in [-0.25, -0.2) is 4.79 Å². The lowest BCUT2D eigenvalue weighted by Gasteiger charge is -2.39. The first-order valence-corrected chi connectivity index (χ1v) is 16.1. The van der Waals surface area contributed by atoms with Crippen molar-refractivity contribution in [1.29, 1.82) is 0 Å². The lowest BCUT2D eigenvalue weighted by atomic mass is 9.83. The molecule has 0 saturated carbocycles. The number of ether oxygens (including phenoxy) is 2. The van der Waals surface area contributed by atoms with E-state index in [0.29, 0.717) is 36.7 Å². The number of nitrogens with zero attached hydrogens (tertiary/aromatic N) is 2. The standard InChI is InChI=1S/C35H39ClN4O4/c36-23-4-11-29-30(20-23)28-14-18-40(35(42)44-27-9-5-24(37)6-10-27)34(31(28)21-32-33(29)38-32)22-2-7-26(8-3-22)43-19-1-15-39-16-12-25(41)13-17-39/h2-11,20,25,32-34,38,41H,1,12-19,21,37H2. The number of nitrogen functional groups attached to an aromatic ring is 1. The van der Waals surface area contributed by atoms with Crippen molar-refractivity contribution in [2.75, 3.05) is 38.5 Å². The van der Waals surface area contributed by atoms with E-state index in [1.807, 2.05) is 23.1 Å². The van der Waals surface area contributed by atoms with Crippen molar-refractivity contribution < 1.29 is 19.4 Å². The maximum atomic E-state index is 13.7. The van der Waals surface area contributed by atoms with Gasteiger partial charge in [-0.2, -0.15) is 0 Å². The van der Waals surface area contributed by atoms with Crippen molar-refractivity contribution in [3.8, 4) is 11.5 Å². The van der Waals surface area contributed by atoms with Crippen LogP contribution >= 0.6 is 11.6 Å². The van der Waals surface area contributed by atoms with E-state index in [-0.39, 0.29) is 18.2 Å². The minimum absolute atomic E-state index is 0.153. The normalized spacial score (nSPS) is 23.3. The Morgan fingerprint density at radius 3 is 2.52 bits per heavy atom. The minimum atomic E-state index is -0.382. The third kappa shape index (κ3) is 6.17. The second-order valence-corrected chi connectivity index (χ2v) is 12.8. The van der Waals surface area contributed by atoms with Crippen LogP contribution in [0.5, 0.6) is 11.5 Å². The maximum Gasteiger partial charge on any atom is 0.416 e. The van der Waals surface area contributed by atoms with Crippen molar-refractivity contribution in [3.63, 3.8) is 0 Å². The highest BCUT2D eigenvalue weighted by Crippen LogP contribution is 2.51. The number of aliphatic hydroxyl groups excluding tert-OH is 1. The molecule has 44 heavy (non-hydrogen) atoms. The summed E-state index contributed by atoms with van der Waals surface area (Å²) in [5.41, 5.74) is 12.5. The smallest absolute Gasteiger partial charge is 0.416 e. The zero-order valence-electron chi connectivity index (χ0n) is 24.8. The summed E-state index contributed by atoms with van der Waals surface area (Å²) < 4.78 is 12.0. The average molecular weight is 615 g/mol. The monoisotopic (exact) mass is 614 g/mol. The number of halogens is 1. The van der Waals surface area contributed by atoms with E-state index < -0.39 is 0 Å². The molecule has 0 aromatic heterocycles. The molecule has 0 spiro atoms. The highest BCUT2D eigenvalue weighted by Gasteiger charge is 2.46. The summed E-state index contributed by atoms with van der Waals surface area (Å²) in [5.74, 6) is 1.28. The number of carbonyl (C=O) groups is 1. The zero-order chi connectivity index (χ0) is 30.2. The van der Waals surface area contributed by atoms with Gasteiger partial charge in [0.15, 0.2) is 0 Å². The lowest BCUT2D eigenvalue weighted by molar-refractivity contribution is 0.0800. The van der Waals surface area contributed by atoms with Crippen LogP contribution in [0.2, 0.25) is 5.02 Å². The topological polar surface area (TPSA) is 110 Å². The van der Waals surface area contributed by atoms with E-state index in [0.717, 1.165) is 68.1 Å². The van der Waals surface area contributed by atoms with Gasteiger partial charge in [-0.3, -0.25) is 4.90 Å². The summed E-state index contributed by atoms with van der Waals surface area (Å²) in [7, 11) is 0. The first-order chi connectivity index (χ1) is 21.4. The number of rotatable bonds is 7. The van der Waals surface area contributed by atoms with Crippen molar-refractivity contribution in [2.45, 2.75) is 56.3 Å². The Morgan fingerprint density at radius 2 is 1.75 bits per heavy atom. The van der Waals surface area contributed by atoms with Crippen molar-refractivity contribution in [1.82, 2.24) is 15.1 Å². The number of hydrogen-bond donors (Lipinski definition) is 3. The minimum Gasteiger partial charge on any atom is -0.494 e. The number of nitrogens with two attached hydrogens (primary N) is 1. The van der Waals surface area contributed by atoms with Crippen LogP contribution < -0.4 is 20.5 Å². The van der Waals surface area contributed by atoms with Gasteiger partial charge < -0.3 is 30.5 Å². The van der Waals surface area contributed by atoms with E-state index in [1.54, 1.807) is 24.3 Å². The SMILES string of the molecule is Nc1ccc(OC(=O)N2CCC3=C(CC4NC4c4ccc(Cl)cc43)C2c2ccc(OCCCN3CCC(O)CC3)cc2)cc1. The second-order valence-electron chi connectivity index (χ2n) is 12.3. The number of amides is 1. The van der Waals surface area contributed by atoms with Gasteiger partial charge in [-0.1, -0.05) is 29.8 Å². The van der Waals surface area contributed by atoms with Gasteiger partial charge in [0.25, 0.3) is 0 Å². The van der Waals surface area contributed by atoms with Crippen molar-refractivity contribution in [2.24, 2.45) is 0 Å². The highest BCUT2D eigenvalue weighted by molar-refractivity contribution is 6.30. The van der Waals surface area contributed by atoms with E-state index >= 15 is 0 Å². The molecule has 3 unspecified atom stereocenters. The van der Waals surface area contributed by atoms with E-state index in [4.69, 9.17) is 26.8 Å². The summed E-state index contributed by atoms with van der Waals surface area (Å²) in [6.45, 7) is 4.01. The number of aliphatic hydroxyl groups is 1. The fraction of sp³-hybridized carbons (Fsp3) is 0.400. The number of anilines is 1. The van der Waals surface area contributed by atoms with Gasteiger partial charge in [-0.05, 0) is 108 Å². The van der Waals surface area contributed by atoms with Crippen molar-refractivity contribution >= 4 is 29.0 Å². The molecular weight excluding hydrogens is 576 g/mol. The van der Waals surface area contributed by atoms with Gasteiger partial charge >= 0.3 is 6.09 Å². The third-order valence-electron chi connectivity index (χ3n) is 9.39. The highest BCUT2D eigenvalue weighted by atomic mass is 35.5. The molecule has 3 aromatic carbocycles. The lowest BCUT2D eigenvalue weighted by Crippen LogP contribution is -2.41. The van der Waals surface area contributed by atoms with Gasteiger partial charge in [0.1, 0.15) is 11.5 Å². The van der Waals surface area contributed by atoms with E-state index in [1.165, 1.54) is 22.3 Å². The molecule has 3 aromatic rings. The number of hydrogen-bond acceptors (Lipinski definition) is 7. The van der Waals surface area contributed by atoms with Crippen LogP contribution in [0.25, 0.3) is 5.57 Å². The number of fused-ring (bicyclic) bond motifs is 4. The predicted molar refractivity (Wildman–Crippen MR) is 172 cm³/mol. The molecule has 2 saturated heterocycles. The van der Waals surface area contributed by atoms with Crippen LogP contribution in [0.1, 0.15) is 60.9 Å². The maximum absolute atomic E-state index is 13.7. The van der Waals surface area contributed by atoms with Gasteiger partial charge in [0, 0.05) is 49.0 Å². The molecule has 7 rings (SSSR count). The molecule has 0 radical (unpaired) electrons. The Morgan fingerprint density at radius 1 is 1.00 bits per heavy atom. The van der Waals surface area contributed by atoms with Crippen LogP contribution in [0.4, 0.5) is 10.5 Å². The quantitative estimate of drug-likeness (QED) is 0.171. The van der Waals surface area contributed by atoms with E-state index in [9.17, 15) is 9.90 Å². The Labute approximate surface area is 263 Å². The fourth-order valence-electron chi connectivity index (χ4n) is 7.01. The summed E-state index contributed by atoms with van der Waals surface area (Å²) in [6.07, 6.45) is 3.66. The predicted octanol–water partition coefficient (Wildman–Crippen LogP) is 5.96. The number of nitrogens with one attached hydrogen (secondary N) is 1. The molecule has 230 valence electrons. The molecular formula is C35H39ClN4O4. The number of carbonyl (C=O) groups excluding carboxylic acids is 1. The molecule has 8 nitrogen and oxygen atoms in total. The molecule has 2 fully saturated rings. The molecule has 1 amide bonds. The molecule has 3 atom stereocenters. The van der Waals surface area contributed by atoms with Gasteiger partial charge in [0.2, 0.25) is 0 Å². The van der Waals surface area contributed by atoms with Crippen molar-refractivity contribution in [3.05, 3.63) is 94.0 Å². The Bertz CT molecular complexity index is 1540. The molecule has 0 bridgehead atoms. The van der Waals surface area contributed by atoms with Crippen LogP contribution in [0.15, 0.2) is 72.3 Å². The molecule has 4 aliphatic rings. The van der Waals surface area contributed by atoms with E-state index in [2.05, 4.69) is 34.5 Å². The third-order valence-corrected chi connectivity index (χ3v) is 9.63. The molecule has 9 heteroatoms. The largest absolute Gasteiger partial charge is 0.494 e. The first-order valence-electron chi connectivity index (χ1n) is 15.7. The Hall–Kier alpha value is -3.56. The molecule has 1 aliphatic carbocycles. The van der Waals surface area contributed by atoms with Crippen LogP contribution in [-0.4, -0.2) is 65.9 Å². The van der Waals surface area contributed by atoms with Gasteiger partial charge in [-0.15, -0.1) is 0 Å². The summed E-state index contributed by atoms with van der Waals surface area (Å²) in [5, 5.41) is 14.1. The average Bonchev–Trinajstić information content (AvgIpc) is 3.81. The molecule has 4 N–H and O–H groups in total. The summed E-state index contributed by atoms with van der Waals surface area (Å²) >= 11 is 6.51. The van der Waals surface area contributed by atoms with Crippen LogP contribution in [0.3, 0.4) is 0 Å². The summed E-state index contributed by atoms with van der Waals surface area (Å²) in [4.78, 5) is 18.0. The molecule has 3 heterocycles. The van der Waals surface area contributed by atoms with Crippen LogP contribution in [-0.2, 0) is 0 Å². The van der Waals surface area contributed by atoms with Gasteiger partial charge in [0.05, 0.1) is 18.8 Å². The number of likely N-dealkylation sites (tertiary alicyclic amines) is 1. The fourth-order valence-corrected chi connectivity index (χ4v) is 7.19. The molecule has 3 aliphatic heterocycles. The summed E-state index contributed by atoms with van der Waals surface area (Å²) in [6, 6.07) is 21.6. The zero-order valence-corrected chi connectivity index (χ0v) is 25.5. The number of benzene rings is 3. The Balaban J connectivity index is 1.13. The number of piperidine rings is 1.